The number of halogens is 2. The number of benzene rings is 1. The second-order valence-electron chi connectivity index (χ2n) is 5.11. The first-order valence-electron chi connectivity index (χ1n) is 6.61. The first kappa shape index (κ1) is 13.7. The molecule has 1 nitrogen and oxygen atoms in total. The maximum absolute atomic E-state index is 13.7. The summed E-state index contributed by atoms with van der Waals surface area (Å²) in [6, 6.07) is 4.58. The normalized spacial score (nSPS) is 23.9. The van der Waals surface area contributed by atoms with E-state index in [-0.39, 0.29) is 17.3 Å². The topological polar surface area (TPSA) is 17.1 Å². The van der Waals surface area contributed by atoms with Gasteiger partial charge in [-0.3, -0.25) is 4.79 Å². The summed E-state index contributed by atoms with van der Waals surface area (Å²) in [6.45, 7) is 2.20. The van der Waals surface area contributed by atoms with Crippen molar-refractivity contribution in [3.8, 4) is 0 Å². The molecule has 0 spiro atoms. The van der Waals surface area contributed by atoms with Crippen molar-refractivity contribution in [1.82, 2.24) is 0 Å². The molecule has 0 amide bonds. The molecular weight excluding hydrogens is 295 g/mol. The Labute approximate surface area is 116 Å². The molecule has 0 radical (unpaired) electrons. The van der Waals surface area contributed by atoms with E-state index in [1.807, 2.05) is 0 Å². The quantitative estimate of drug-likeness (QED) is 0.719. The van der Waals surface area contributed by atoms with E-state index < -0.39 is 5.82 Å². The maximum atomic E-state index is 13.7. The number of hydrogen-bond donors (Lipinski definition) is 0. The summed E-state index contributed by atoms with van der Waals surface area (Å²) in [6.07, 6.45) is 5.20. The van der Waals surface area contributed by atoms with Crippen LogP contribution in [0.15, 0.2) is 22.7 Å². The predicted octanol–water partition coefficient (Wildman–Crippen LogP) is 4.99. The largest absolute Gasteiger partial charge is 0.294 e. The van der Waals surface area contributed by atoms with Crippen molar-refractivity contribution < 1.29 is 9.18 Å². The van der Waals surface area contributed by atoms with Gasteiger partial charge < -0.3 is 0 Å². The fraction of sp³-hybridized carbons (Fsp3) is 0.533. The summed E-state index contributed by atoms with van der Waals surface area (Å²) in [7, 11) is 0. The van der Waals surface area contributed by atoms with Crippen LogP contribution in [0.4, 0.5) is 4.39 Å². The van der Waals surface area contributed by atoms with Gasteiger partial charge in [-0.15, -0.1) is 0 Å². The zero-order valence-corrected chi connectivity index (χ0v) is 12.2. The molecule has 0 atom stereocenters. The van der Waals surface area contributed by atoms with Gasteiger partial charge in [0.25, 0.3) is 0 Å². The summed E-state index contributed by atoms with van der Waals surface area (Å²) in [5.41, 5.74) is 0.240. The first-order valence-corrected chi connectivity index (χ1v) is 7.40. The molecule has 2 rings (SSSR count). The molecule has 1 aromatic carbocycles. The zero-order chi connectivity index (χ0) is 13.1. The number of rotatable bonds is 3. The smallest absolute Gasteiger partial charge is 0.168 e. The van der Waals surface area contributed by atoms with Crippen LogP contribution >= 0.6 is 15.9 Å². The molecule has 0 heterocycles. The van der Waals surface area contributed by atoms with Crippen molar-refractivity contribution in [3.63, 3.8) is 0 Å². The number of Topliss-reactive ketones (excluding diaryl/α,β-unsaturated/α-hetero) is 1. The molecule has 1 fully saturated rings. The molecule has 0 N–H and O–H groups in total. The van der Waals surface area contributed by atoms with Crippen molar-refractivity contribution in [2.45, 2.75) is 39.0 Å². The summed E-state index contributed by atoms with van der Waals surface area (Å²) in [4.78, 5) is 12.3. The van der Waals surface area contributed by atoms with Crippen LogP contribution in [0.1, 0.15) is 49.4 Å². The fourth-order valence-electron chi connectivity index (χ4n) is 2.74. The van der Waals surface area contributed by atoms with Gasteiger partial charge in [0.2, 0.25) is 0 Å². The van der Waals surface area contributed by atoms with Crippen LogP contribution in [0.2, 0.25) is 0 Å². The van der Waals surface area contributed by atoms with E-state index in [1.165, 1.54) is 12.5 Å². The van der Waals surface area contributed by atoms with Crippen LogP contribution in [0.5, 0.6) is 0 Å². The Hall–Kier alpha value is -0.700. The molecule has 98 valence electrons. The Morgan fingerprint density at radius 1 is 1.33 bits per heavy atom. The molecule has 0 aromatic heterocycles. The molecule has 0 bridgehead atoms. The van der Waals surface area contributed by atoms with Gasteiger partial charge in [-0.05, 0) is 49.8 Å². The highest BCUT2D eigenvalue weighted by atomic mass is 79.9. The lowest BCUT2D eigenvalue weighted by Gasteiger charge is -2.26. The van der Waals surface area contributed by atoms with Gasteiger partial charge in [0.1, 0.15) is 5.82 Å². The van der Waals surface area contributed by atoms with Gasteiger partial charge in [-0.2, -0.15) is 0 Å². The second-order valence-corrected chi connectivity index (χ2v) is 6.03. The second kappa shape index (κ2) is 5.96. The van der Waals surface area contributed by atoms with E-state index >= 15 is 0 Å². The van der Waals surface area contributed by atoms with Crippen LogP contribution < -0.4 is 0 Å². The van der Waals surface area contributed by atoms with Crippen molar-refractivity contribution in [2.24, 2.45) is 11.8 Å². The predicted molar refractivity (Wildman–Crippen MR) is 74.2 cm³/mol. The van der Waals surface area contributed by atoms with Gasteiger partial charge in [-0.1, -0.05) is 29.3 Å². The van der Waals surface area contributed by atoms with Crippen LogP contribution in [0, 0.1) is 17.7 Å². The van der Waals surface area contributed by atoms with Gasteiger partial charge in [0.15, 0.2) is 5.78 Å². The Bertz CT molecular complexity index is 436. The summed E-state index contributed by atoms with van der Waals surface area (Å²) in [5.74, 6) is 0.335. The lowest BCUT2D eigenvalue weighted by Crippen LogP contribution is -2.22. The van der Waals surface area contributed by atoms with Gasteiger partial charge in [0.05, 0.1) is 5.56 Å². The number of hydrogen-bond acceptors (Lipinski definition) is 1. The van der Waals surface area contributed by atoms with E-state index in [4.69, 9.17) is 0 Å². The molecule has 1 saturated carbocycles. The molecular formula is C15H18BrFO. The fourth-order valence-corrected chi connectivity index (χ4v) is 3.10. The Morgan fingerprint density at radius 2 is 2.00 bits per heavy atom. The number of carbonyl (C=O) groups is 1. The summed E-state index contributed by atoms with van der Waals surface area (Å²) >= 11 is 3.29. The van der Waals surface area contributed by atoms with Crippen LogP contribution in [0.25, 0.3) is 0 Å². The molecule has 1 aromatic rings. The molecule has 1 aliphatic rings. The van der Waals surface area contributed by atoms with Crippen molar-refractivity contribution in [3.05, 3.63) is 34.1 Å². The van der Waals surface area contributed by atoms with Gasteiger partial charge >= 0.3 is 0 Å². The SMILES string of the molecule is CCC1CCC(C(=O)c2cc(Br)ccc2F)CC1. The molecule has 0 unspecified atom stereocenters. The van der Waals surface area contributed by atoms with Crippen molar-refractivity contribution >= 4 is 21.7 Å². The molecule has 0 aliphatic heterocycles. The number of ketones is 1. The zero-order valence-electron chi connectivity index (χ0n) is 10.6. The van der Waals surface area contributed by atoms with Crippen LogP contribution in [-0.2, 0) is 0 Å². The van der Waals surface area contributed by atoms with E-state index in [1.54, 1.807) is 12.1 Å². The van der Waals surface area contributed by atoms with E-state index in [2.05, 4.69) is 22.9 Å². The Morgan fingerprint density at radius 3 is 2.61 bits per heavy atom. The monoisotopic (exact) mass is 312 g/mol. The van der Waals surface area contributed by atoms with E-state index in [9.17, 15) is 9.18 Å². The average molecular weight is 313 g/mol. The highest BCUT2D eigenvalue weighted by Crippen LogP contribution is 2.33. The highest BCUT2D eigenvalue weighted by Gasteiger charge is 2.27. The molecule has 0 saturated heterocycles. The highest BCUT2D eigenvalue weighted by molar-refractivity contribution is 9.10. The third-order valence-electron chi connectivity index (χ3n) is 3.99. The van der Waals surface area contributed by atoms with Gasteiger partial charge in [0, 0.05) is 10.4 Å². The van der Waals surface area contributed by atoms with Crippen LogP contribution in [0.3, 0.4) is 0 Å². The lowest BCUT2D eigenvalue weighted by molar-refractivity contribution is 0.0867. The molecule has 3 heteroatoms. The summed E-state index contributed by atoms with van der Waals surface area (Å²) in [5, 5.41) is 0. The summed E-state index contributed by atoms with van der Waals surface area (Å²) < 4.78 is 14.4. The average Bonchev–Trinajstić information content (AvgIpc) is 2.41. The Balaban J connectivity index is 2.10. The van der Waals surface area contributed by atoms with E-state index in [0.29, 0.717) is 0 Å². The third-order valence-corrected chi connectivity index (χ3v) is 4.48. The van der Waals surface area contributed by atoms with Crippen molar-refractivity contribution in [1.29, 1.82) is 0 Å². The van der Waals surface area contributed by atoms with E-state index in [0.717, 1.165) is 36.1 Å². The Kier molecular flexibility index (Phi) is 4.55. The van der Waals surface area contributed by atoms with Crippen molar-refractivity contribution in [2.75, 3.05) is 0 Å². The maximum Gasteiger partial charge on any atom is 0.168 e. The first-order chi connectivity index (χ1) is 8.61. The molecule has 1 aliphatic carbocycles. The van der Waals surface area contributed by atoms with Crippen LogP contribution in [-0.4, -0.2) is 5.78 Å². The minimum absolute atomic E-state index is 0.0107. The minimum atomic E-state index is -0.402. The molecule has 18 heavy (non-hydrogen) atoms. The lowest BCUT2D eigenvalue weighted by atomic mass is 9.78. The van der Waals surface area contributed by atoms with Gasteiger partial charge in [-0.25, -0.2) is 4.39 Å². The third kappa shape index (κ3) is 3.00. The standard InChI is InChI=1S/C15H18BrFO/c1-2-10-3-5-11(6-4-10)15(18)13-9-12(16)7-8-14(13)17/h7-11H,2-6H2,1H3. The minimum Gasteiger partial charge on any atom is -0.294 e. The number of carbonyl (C=O) groups excluding carboxylic acids is 1.